The first-order valence-electron chi connectivity index (χ1n) is 5.06. The molecule has 0 atom stereocenters. The Kier molecular flexibility index (Phi) is 3.78. The van der Waals surface area contributed by atoms with Gasteiger partial charge >= 0.3 is 5.97 Å². The number of aromatic nitrogens is 1. The van der Waals surface area contributed by atoms with Gasteiger partial charge in [0.1, 0.15) is 0 Å². The lowest BCUT2D eigenvalue weighted by atomic mass is 10.2. The molecule has 0 aliphatic rings. The Morgan fingerprint density at radius 3 is 2.72 bits per heavy atom. The summed E-state index contributed by atoms with van der Waals surface area (Å²) in [6.07, 6.45) is 0.556. The topological polar surface area (TPSA) is 80.4 Å². The Balaban J connectivity index is 2.29. The Bertz CT molecular complexity index is 565. The van der Waals surface area contributed by atoms with E-state index in [1.54, 1.807) is 12.1 Å². The van der Waals surface area contributed by atoms with E-state index in [4.69, 9.17) is 9.52 Å². The van der Waals surface area contributed by atoms with E-state index in [2.05, 4.69) is 4.98 Å². The molecule has 1 heterocycles. The van der Waals surface area contributed by atoms with E-state index in [9.17, 15) is 9.59 Å². The lowest BCUT2D eigenvalue weighted by Crippen LogP contribution is -1.97. The molecule has 1 aromatic heterocycles. The first-order chi connectivity index (χ1) is 8.70. The van der Waals surface area contributed by atoms with E-state index in [1.165, 1.54) is 0 Å². The van der Waals surface area contributed by atoms with Crippen molar-refractivity contribution < 1.29 is 19.1 Å². The van der Waals surface area contributed by atoms with Crippen LogP contribution in [0.5, 0.6) is 0 Å². The Morgan fingerprint density at radius 2 is 2.11 bits per heavy atom. The summed E-state index contributed by atoms with van der Waals surface area (Å²) in [5, 5.41) is 8.82. The number of oxazole rings is 1. The minimum absolute atomic E-state index is 0.125. The molecule has 0 saturated carbocycles. The third-order valence-corrected chi connectivity index (χ3v) is 3.03. The first-order valence-corrected chi connectivity index (χ1v) is 6.05. The second kappa shape index (κ2) is 5.50. The molecule has 92 valence electrons. The van der Waals surface area contributed by atoms with Crippen LogP contribution in [0.3, 0.4) is 0 Å². The largest absolute Gasteiger partial charge is 0.481 e. The van der Waals surface area contributed by atoms with Crippen molar-refractivity contribution in [1.82, 2.24) is 4.98 Å². The van der Waals surface area contributed by atoms with Crippen molar-refractivity contribution in [1.29, 1.82) is 0 Å². The molecule has 5 nitrogen and oxygen atoms in total. The molecule has 0 fully saturated rings. The lowest BCUT2D eigenvalue weighted by molar-refractivity contribution is -0.133. The SMILES string of the molecule is O=Cc1nc(-c2ccccc2)oc1SCC(=O)O. The summed E-state index contributed by atoms with van der Waals surface area (Å²) in [5.74, 6) is -0.843. The smallest absolute Gasteiger partial charge is 0.313 e. The third kappa shape index (κ3) is 2.78. The van der Waals surface area contributed by atoms with Crippen LogP contribution in [0, 0.1) is 0 Å². The number of thioether (sulfide) groups is 1. The van der Waals surface area contributed by atoms with E-state index < -0.39 is 5.97 Å². The summed E-state index contributed by atoms with van der Waals surface area (Å²) in [6, 6.07) is 9.10. The summed E-state index contributed by atoms with van der Waals surface area (Å²) in [5.41, 5.74) is 0.864. The molecule has 0 spiro atoms. The fraction of sp³-hybridized carbons (Fsp3) is 0.0833. The lowest BCUT2D eigenvalue weighted by Gasteiger charge is -1.94. The van der Waals surface area contributed by atoms with E-state index in [-0.39, 0.29) is 16.5 Å². The van der Waals surface area contributed by atoms with Gasteiger partial charge in [0.05, 0.1) is 5.75 Å². The molecule has 0 aliphatic heterocycles. The Morgan fingerprint density at radius 1 is 1.39 bits per heavy atom. The van der Waals surface area contributed by atoms with E-state index in [1.807, 2.05) is 18.2 Å². The summed E-state index contributed by atoms with van der Waals surface area (Å²) in [6.45, 7) is 0. The van der Waals surface area contributed by atoms with Crippen LogP contribution in [0.1, 0.15) is 10.5 Å². The van der Waals surface area contributed by atoms with Crippen molar-refractivity contribution in [3.05, 3.63) is 36.0 Å². The molecule has 0 aliphatic carbocycles. The molecule has 1 aromatic carbocycles. The molecule has 0 radical (unpaired) electrons. The van der Waals surface area contributed by atoms with Crippen LogP contribution < -0.4 is 0 Å². The molecule has 0 bridgehead atoms. The first kappa shape index (κ1) is 12.4. The number of hydrogen-bond donors (Lipinski definition) is 1. The Hall–Kier alpha value is -2.08. The fourth-order valence-corrected chi connectivity index (χ4v) is 1.96. The highest BCUT2D eigenvalue weighted by molar-refractivity contribution is 7.99. The zero-order valence-corrected chi connectivity index (χ0v) is 10.0. The minimum atomic E-state index is -0.977. The predicted molar refractivity (Wildman–Crippen MR) is 65.7 cm³/mol. The van der Waals surface area contributed by atoms with Gasteiger partial charge in [-0.25, -0.2) is 4.98 Å². The van der Waals surface area contributed by atoms with E-state index >= 15 is 0 Å². The van der Waals surface area contributed by atoms with Crippen molar-refractivity contribution in [2.45, 2.75) is 5.09 Å². The molecule has 2 aromatic rings. The van der Waals surface area contributed by atoms with Crippen LogP contribution in [0.25, 0.3) is 11.5 Å². The molecule has 18 heavy (non-hydrogen) atoms. The van der Waals surface area contributed by atoms with Crippen LogP contribution in [-0.2, 0) is 4.79 Å². The zero-order valence-electron chi connectivity index (χ0n) is 9.20. The average Bonchev–Trinajstić information content (AvgIpc) is 2.80. The normalized spacial score (nSPS) is 10.2. The number of hydrogen-bond acceptors (Lipinski definition) is 5. The maximum atomic E-state index is 10.8. The summed E-state index contributed by atoms with van der Waals surface area (Å²) >= 11 is 0.935. The van der Waals surface area contributed by atoms with Gasteiger partial charge in [-0.05, 0) is 12.1 Å². The number of carbonyl (C=O) groups is 2. The average molecular weight is 263 g/mol. The van der Waals surface area contributed by atoms with Gasteiger partial charge in [0.25, 0.3) is 0 Å². The summed E-state index contributed by atoms with van der Waals surface area (Å²) in [7, 11) is 0. The van der Waals surface area contributed by atoms with Gasteiger partial charge in [-0.3, -0.25) is 9.59 Å². The van der Waals surface area contributed by atoms with Gasteiger partial charge in [-0.2, -0.15) is 0 Å². The highest BCUT2D eigenvalue weighted by Gasteiger charge is 2.15. The summed E-state index contributed by atoms with van der Waals surface area (Å²) < 4.78 is 5.40. The number of benzene rings is 1. The zero-order chi connectivity index (χ0) is 13.0. The number of rotatable bonds is 5. The maximum absolute atomic E-state index is 10.8. The van der Waals surface area contributed by atoms with E-state index in [0.717, 1.165) is 17.3 Å². The number of carboxylic acids is 1. The minimum Gasteiger partial charge on any atom is -0.481 e. The molecular formula is C12H9NO4S. The van der Waals surface area contributed by atoms with Crippen LogP contribution in [-0.4, -0.2) is 28.1 Å². The quantitative estimate of drug-likeness (QED) is 0.658. The number of carbonyl (C=O) groups excluding carboxylic acids is 1. The van der Waals surface area contributed by atoms with Gasteiger partial charge in [0.15, 0.2) is 17.1 Å². The number of carboxylic acid groups (broad SMARTS) is 1. The van der Waals surface area contributed by atoms with Crippen LogP contribution in [0.4, 0.5) is 0 Å². The van der Waals surface area contributed by atoms with Crippen molar-refractivity contribution in [2.24, 2.45) is 0 Å². The molecule has 1 N–H and O–H groups in total. The van der Waals surface area contributed by atoms with Crippen molar-refractivity contribution >= 4 is 24.0 Å². The van der Waals surface area contributed by atoms with Gasteiger partial charge in [-0.15, -0.1) is 0 Å². The number of aldehydes is 1. The van der Waals surface area contributed by atoms with Gasteiger partial charge in [0, 0.05) is 5.56 Å². The molecular weight excluding hydrogens is 254 g/mol. The fourth-order valence-electron chi connectivity index (χ4n) is 1.33. The number of aliphatic carboxylic acids is 1. The van der Waals surface area contributed by atoms with E-state index in [0.29, 0.717) is 12.2 Å². The standard InChI is InChI=1S/C12H9NO4S/c14-6-9-12(18-7-10(15)16)17-11(13-9)8-4-2-1-3-5-8/h1-6H,7H2,(H,15,16). The van der Waals surface area contributed by atoms with Gasteiger partial charge in [0.2, 0.25) is 5.89 Å². The van der Waals surface area contributed by atoms with Gasteiger partial charge < -0.3 is 9.52 Å². The van der Waals surface area contributed by atoms with Crippen molar-refractivity contribution in [2.75, 3.05) is 5.75 Å². The highest BCUT2D eigenvalue weighted by atomic mass is 32.2. The second-order valence-corrected chi connectivity index (χ2v) is 4.31. The van der Waals surface area contributed by atoms with Gasteiger partial charge in [-0.1, -0.05) is 30.0 Å². The maximum Gasteiger partial charge on any atom is 0.313 e. The molecule has 0 amide bonds. The highest BCUT2D eigenvalue weighted by Crippen LogP contribution is 2.28. The van der Waals surface area contributed by atoms with Crippen LogP contribution in [0.15, 0.2) is 39.8 Å². The summed E-state index contributed by atoms with van der Waals surface area (Å²) in [4.78, 5) is 25.3. The Labute approximate surface area is 107 Å². The van der Waals surface area contributed by atoms with Crippen molar-refractivity contribution in [3.8, 4) is 11.5 Å². The third-order valence-electron chi connectivity index (χ3n) is 2.08. The van der Waals surface area contributed by atoms with Crippen LogP contribution in [0.2, 0.25) is 0 Å². The molecule has 0 unspecified atom stereocenters. The molecule has 0 saturated heterocycles. The second-order valence-electron chi connectivity index (χ2n) is 3.36. The van der Waals surface area contributed by atoms with Crippen LogP contribution >= 0.6 is 11.8 Å². The number of nitrogens with zero attached hydrogens (tertiary/aromatic N) is 1. The monoisotopic (exact) mass is 263 g/mol. The molecule has 2 rings (SSSR count). The predicted octanol–water partition coefficient (Wildman–Crippen LogP) is 2.33. The van der Waals surface area contributed by atoms with Crippen molar-refractivity contribution in [3.63, 3.8) is 0 Å². The molecule has 6 heteroatoms.